The van der Waals surface area contributed by atoms with Gasteiger partial charge in [-0.15, -0.1) is 0 Å². The Morgan fingerprint density at radius 1 is 0.757 bits per heavy atom. The molecule has 4 fully saturated rings. The quantitative estimate of drug-likeness (QED) is 0.468. The van der Waals surface area contributed by atoms with Crippen molar-refractivity contribution in [1.29, 1.82) is 0 Å². The van der Waals surface area contributed by atoms with Crippen molar-refractivity contribution in [3.63, 3.8) is 0 Å². The van der Waals surface area contributed by atoms with Gasteiger partial charge in [-0.3, -0.25) is 4.90 Å². The summed E-state index contributed by atoms with van der Waals surface area (Å²) in [5, 5.41) is 0. The minimum Gasteiger partial charge on any atom is -0.379 e. The van der Waals surface area contributed by atoms with Crippen LogP contribution < -0.4 is 0 Å². The standard InChI is InChI=1S/C31H36N2O3S/c1-24-12-14-27(15-13-24)37(34,35)33-17-16-31(32-18-20-36-21-19-32)22-28(25-8-4-2-5-9-25)30(33)29(23-31)26-10-6-3-7-11-26/h2-15,28-30H,16-23H2,1H3/t28-,29-,30?,31?/m0/s1. The van der Waals surface area contributed by atoms with Gasteiger partial charge in [0.1, 0.15) is 0 Å². The summed E-state index contributed by atoms with van der Waals surface area (Å²) < 4.78 is 36.4. The largest absolute Gasteiger partial charge is 0.379 e. The average Bonchev–Trinajstić information content (AvgIpc) is 3.24. The van der Waals surface area contributed by atoms with E-state index < -0.39 is 10.0 Å². The molecule has 0 radical (unpaired) electrons. The molecule has 5 nitrogen and oxygen atoms in total. The summed E-state index contributed by atoms with van der Waals surface area (Å²) >= 11 is 0. The first-order valence-corrected chi connectivity index (χ1v) is 14.9. The highest BCUT2D eigenvalue weighted by Crippen LogP contribution is 2.55. The van der Waals surface area contributed by atoms with Gasteiger partial charge in [-0.25, -0.2) is 8.42 Å². The molecule has 6 heteroatoms. The van der Waals surface area contributed by atoms with E-state index in [1.54, 1.807) is 12.1 Å². The molecule has 0 N–H and O–H groups in total. The maximum Gasteiger partial charge on any atom is 0.243 e. The van der Waals surface area contributed by atoms with Crippen molar-refractivity contribution in [2.45, 2.75) is 54.5 Å². The van der Waals surface area contributed by atoms with E-state index >= 15 is 0 Å². The van der Waals surface area contributed by atoms with Gasteiger partial charge < -0.3 is 4.74 Å². The predicted octanol–water partition coefficient (Wildman–Crippen LogP) is 5.19. The van der Waals surface area contributed by atoms with E-state index in [1.807, 2.05) is 35.5 Å². The van der Waals surface area contributed by atoms with Crippen LogP contribution in [0.25, 0.3) is 0 Å². The van der Waals surface area contributed by atoms with Crippen molar-refractivity contribution in [1.82, 2.24) is 9.21 Å². The Morgan fingerprint density at radius 3 is 1.84 bits per heavy atom. The molecule has 3 aromatic carbocycles. The maximum atomic E-state index is 14.4. The Labute approximate surface area is 221 Å². The third kappa shape index (κ3) is 4.54. The molecular formula is C31H36N2O3S. The van der Waals surface area contributed by atoms with Gasteiger partial charge in [-0.05, 0) is 49.4 Å². The fraction of sp³-hybridized carbons (Fsp3) is 0.419. The zero-order valence-corrected chi connectivity index (χ0v) is 22.3. The third-order valence-electron chi connectivity index (χ3n) is 8.92. The van der Waals surface area contributed by atoms with Crippen LogP contribution in [0.1, 0.15) is 47.8 Å². The molecule has 3 aliphatic heterocycles. The molecular weight excluding hydrogens is 480 g/mol. The van der Waals surface area contributed by atoms with E-state index in [-0.39, 0.29) is 23.4 Å². The van der Waals surface area contributed by atoms with Gasteiger partial charge in [0.2, 0.25) is 10.0 Å². The average molecular weight is 517 g/mol. The number of benzene rings is 3. The summed E-state index contributed by atoms with van der Waals surface area (Å²) in [5.74, 6) is 0.205. The molecule has 0 aromatic heterocycles. The minimum atomic E-state index is -3.69. The lowest BCUT2D eigenvalue weighted by atomic mass is 9.63. The molecule has 3 saturated heterocycles. The van der Waals surface area contributed by atoms with Crippen molar-refractivity contribution >= 4 is 10.0 Å². The highest BCUT2D eigenvalue weighted by Gasteiger charge is 2.56. The van der Waals surface area contributed by atoms with Crippen LogP contribution in [0.15, 0.2) is 89.8 Å². The second kappa shape index (κ2) is 9.99. The normalized spacial score (nSPS) is 29.2. The summed E-state index contributed by atoms with van der Waals surface area (Å²) in [5.41, 5.74) is 3.46. The highest BCUT2D eigenvalue weighted by atomic mass is 32.2. The van der Waals surface area contributed by atoms with Gasteiger partial charge in [-0.2, -0.15) is 4.31 Å². The summed E-state index contributed by atoms with van der Waals surface area (Å²) in [6.45, 7) is 5.81. The fourth-order valence-electron chi connectivity index (χ4n) is 7.11. The molecule has 4 aliphatic rings. The molecule has 2 atom stereocenters. The number of aryl methyl sites for hydroxylation is 1. The molecule has 1 saturated carbocycles. The molecule has 2 bridgehead atoms. The van der Waals surface area contributed by atoms with Gasteiger partial charge in [0.05, 0.1) is 18.1 Å². The first-order chi connectivity index (χ1) is 18.0. The van der Waals surface area contributed by atoms with Gasteiger partial charge in [-0.1, -0.05) is 78.4 Å². The Hall–Kier alpha value is -2.51. The number of hydrogen-bond donors (Lipinski definition) is 0. The van der Waals surface area contributed by atoms with Gasteiger partial charge in [0, 0.05) is 43.1 Å². The van der Waals surface area contributed by atoms with Crippen LogP contribution in [-0.2, 0) is 14.8 Å². The molecule has 3 heterocycles. The van der Waals surface area contributed by atoms with Crippen molar-refractivity contribution in [2.75, 3.05) is 32.8 Å². The first-order valence-electron chi connectivity index (χ1n) is 13.5. The van der Waals surface area contributed by atoms with Crippen molar-refractivity contribution in [3.05, 3.63) is 102 Å². The number of ether oxygens (including phenoxy) is 1. The van der Waals surface area contributed by atoms with Crippen molar-refractivity contribution in [3.8, 4) is 0 Å². The van der Waals surface area contributed by atoms with Crippen LogP contribution >= 0.6 is 0 Å². The van der Waals surface area contributed by atoms with Gasteiger partial charge in [0.25, 0.3) is 0 Å². The Bertz CT molecular complexity index is 1260. The fourth-order valence-corrected chi connectivity index (χ4v) is 8.80. The monoisotopic (exact) mass is 516 g/mol. The summed E-state index contributed by atoms with van der Waals surface area (Å²) in [6, 6.07) is 28.4. The van der Waals surface area contributed by atoms with Crippen LogP contribution in [0.5, 0.6) is 0 Å². The van der Waals surface area contributed by atoms with Crippen molar-refractivity contribution < 1.29 is 13.2 Å². The zero-order chi connectivity index (χ0) is 25.5. The molecule has 7 rings (SSSR count). The SMILES string of the molecule is Cc1ccc(S(=O)(=O)N2CCC3(N4CCOCC4)C[C@@H](c4ccccc4)C2[C@H](c2ccccc2)C3)cc1. The third-order valence-corrected chi connectivity index (χ3v) is 10.8. The molecule has 0 unspecified atom stereocenters. The van der Waals surface area contributed by atoms with Crippen LogP contribution in [-0.4, -0.2) is 62.1 Å². The number of sulfonamides is 1. The van der Waals surface area contributed by atoms with E-state index in [2.05, 4.69) is 53.4 Å². The first kappa shape index (κ1) is 24.8. The molecule has 1 aliphatic carbocycles. The summed E-state index contributed by atoms with van der Waals surface area (Å²) in [4.78, 5) is 3.02. The van der Waals surface area contributed by atoms with E-state index in [4.69, 9.17) is 4.74 Å². The number of morpholine rings is 1. The number of nitrogens with zero attached hydrogens (tertiary/aromatic N) is 2. The molecule has 0 amide bonds. The zero-order valence-electron chi connectivity index (χ0n) is 21.5. The summed E-state index contributed by atoms with van der Waals surface area (Å²) in [7, 11) is -3.69. The van der Waals surface area contributed by atoms with Gasteiger partial charge in [0.15, 0.2) is 0 Å². The minimum absolute atomic E-state index is 0.0706. The van der Waals surface area contributed by atoms with E-state index in [0.717, 1.165) is 51.1 Å². The van der Waals surface area contributed by atoms with Gasteiger partial charge >= 0.3 is 0 Å². The highest BCUT2D eigenvalue weighted by molar-refractivity contribution is 7.89. The molecule has 194 valence electrons. The van der Waals surface area contributed by atoms with E-state index in [1.165, 1.54) is 11.1 Å². The number of rotatable bonds is 5. The predicted molar refractivity (Wildman–Crippen MR) is 146 cm³/mol. The molecule has 3 aromatic rings. The topological polar surface area (TPSA) is 49.9 Å². The Morgan fingerprint density at radius 2 is 1.30 bits per heavy atom. The second-order valence-corrected chi connectivity index (χ2v) is 12.8. The van der Waals surface area contributed by atoms with E-state index in [9.17, 15) is 8.42 Å². The molecule has 37 heavy (non-hydrogen) atoms. The maximum absolute atomic E-state index is 14.4. The number of hydrogen-bond acceptors (Lipinski definition) is 4. The molecule has 0 spiro atoms. The second-order valence-electron chi connectivity index (χ2n) is 10.9. The Balaban J connectivity index is 1.53. The Kier molecular flexibility index (Phi) is 6.70. The van der Waals surface area contributed by atoms with Crippen LogP contribution in [0.4, 0.5) is 0 Å². The lowest BCUT2D eigenvalue weighted by Gasteiger charge is -2.53. The van der Waals surface area contributed by atoms with Crippen LogP contribution in [0.2, 0.25) is 0 Å². The van der Waals surface area contributed by atoms with E-state index in [0.29, 0.717) is 11.4 Å². The summed E-state index contributed by atoms with van der Waals surface area (Å²) in [6.07, 6.45) is 2.76. The smallest absolute Gasteiger partial charge is 0.243 e. The lowest BCUT2D eigenvalue weighted by Crippen LogP contribution is -2.58. The van der Waals surface area contributed by atoms with Crippen molar-refractivity contribution in [2.24, 2.45) is 0 Å². The van der Waals surface area contributed by atoms with Crippen LogP contribution in [0, 0.1) is 6.92 Å². The lowest BCUT2D eigenvalue weighted by molar-refractivity contribution is -0.0437. The number of fused-ring (bicyclic) bond motifs is 4. The van der Waals surface area contributed by atoms with Crippen LogP contribution in [0.3, 0.4) is 0 Å².